The third-order valence-electron chi connectivity index (χ3n) is 5.35. The molecule has 3 aromatic rings. The monoisotopic (exact) mass is 492 g/mol. The van der Waals surface area contributed by atoms with Crippen molar-refractivity contribution in [2.75, 3.05) is 33.9 Å². The summed E-state index contributed by atoms with van der Waals surface area (Å²) in [6.45, 7) is 3.83. The summed E-state index contributed by atoms with van der Waals surface area (Å²) in [6.07, 6.45) is 2.24. The number of hydrogen-bond acceptors (Lipinski definition) is 3. The lowest BCUT2D eigenvalue weighted by atomic mass is 10.1. The number of carbonyl (C=O) groups excluding carboxylic acids is 2. The van der Waals surface area contributed by atoms with Crippen molar-refractivity contribution in [2.24, 2.45) is 0 Å². The van der Waals surface area contributed by atoms with E-state index in [1.165, 1.54) is 0 Å². The van der Waals surface area contributed by atoms with Crippen LogP contribution in [0.3, 0.4) is 0 Å². The normalized spacial score (nSPS) is 13.0. The fraction of sp³-hybridized carbons (Fsp3) is 0.200. The zero-order valence-corrected chi connectivity index (χ0v) is 19.4. The first-order valence-electron chi connectivity index (χ1n) is 10.6. The molecule has 1 heterocycles. The topological polar surface area (TPSA) is 73.5 Å². The van der Waals surface area contributed by atoms with Gasteiger partial charge in [0.25, 0.3) is 5.91 Å². The predicted molar refractivity (Wildman–Crippen MR) is 134 cm³/mol. The van der Waals surface area contributed by atoms with Gasteiger partial charge in [0, 0.05) is 28.8 Å². The van der Waals surface area contributed by atoms with Crippen LogP contribution in [-0.2, 0) is 0 Å². The first-order chi connectivity index (χ1) is 15.5. The van der Waals surface area contributed by atoms with E-state index in [-0.39, 0.29) is 11.9 Å². The average molecular weight is 493 g/mol. The average Bonchev–Trinajstić information content (AvgIpc) is 3.30. The number of anilines is 4. The highest BCUT2D eigenvalue weighted by atomic mass is 79.9. The summed E-state index contributed by atoms with van der Waals surface area (Å²) in [5.74, 6) is -0.189. The first kappa shape index (κ1) is 21.9. The molecular formula is C25H25BrN4O2. The van der Waals surface area contributed by atoms with Crippen LogP contribution in [0, 0.1) is 6.92 Å². The lowest BCUT2D eigenvalue weighted by Gasteiger charge is -2.22. The van der Waals surface area contributed by atoms with E-state index < -0.39 is 0 Å². The molecule has 7 heteroatoms. The molecule has 1 aliphatic heterocycles. The molecule has 4 rings (SSSR count). The standard InChI is InChI=1S/C25H25BrN4O2/c1-17-7-6-8-18(15-17)24(31)27-19-11-12-23(30-13-4-5-14-30)22(16-19)29-25(32)28-21-10-3-2-9-20(21)26/h2-3,6-12,15-16H,4-5,13-14H2,1H3,(H,27,31)(H2,28,29,32). The number of hydrogen-bond donors (Lipinski definition) is 3. The van der Waals surface area contributed by atoms with Crippen molar-refractivity contribution in [1.29, 1.82) is 0 Å². The number of aryl methyl sites for hydroxylation is 1. The summed E-state index contributed by atoms with van der Waals surface area (Å²) in [6, 6.07) is 20.2. The molecule has 1 fully saturated rings. The number of nitrogens with zero attached hydrogens (tertiary/aromatic N) is 1. The Bertz CT molecular complexity index is 1140. The van der Waals surface area contributed by atoms with Gasteiger partial charge in [-0.15, -0.1) is 0 Å². The van der Waals surface area contributed by atoms with Gasteiger partial charge >= 0.3 is 6.03 Å². The Morgan fingerprint density at radius 1 is 0.844 bits per heavy atom. The van der Waals surface area contributed by atoms with Crippen LogP contribution in [0.1, 0.15) is 28.8 Å². The second-order valence-electron chi connectivity index (χ2n) is 7.81. The van der Waals surface area contributed by atoms with Crippen molar-refractivity contribution in [3.05, 3.63) is 82.3 Å². The van der Waals surface area contributed by atoms with Crippen LogP contribution >= 0.6 is 15.9 Å². The minimum absolute atomic E-state index is 0.189. The van der Waals surface area contributed by atoms with E-state index in [1.807, 2.05) is 61.5 Å². The highest BCUT2D eigenvalue weighted by Gasteiger charge is 2.18. The third-order valence-corrected chi connectivity index (χ3v) is 6.04. The smallest absolute Gasteiger partial charge is 0.323 e. The summed E-state index contributed by atoms with van der Waals surface area (Å²) in [7, 11) is 0. The van der Waals surface area contributed by atoms with Gasteiger partial charge in [0.05, 0.1) is 17.1 Å². The van der Waals surface area contributed by atoms with Crippen LogP contribution in [0.15, 0.2) is 71.2 Å². The number of para-hydroxylation sites is 1. The first-order valence-corrected chi connectivity index (χ1v) is 11.4. The molecule has 3 amide bonds. The molecule has 0 atom stereocenters. The number of carbonyl (C=O) groups is 2. The molecule has 32 heavy (non-hydrogen) atoms. The van der Waals surface area contributed by atoms with Gasteiger partial charge in [-0.1, -0.05) is 29.8 Å². The molecule has 3 N–H and O–H groups in total. The Kier molecular flexibility index (Phi) is 6.75. The molecule has 1 aliphatic rings. The minimum Gasteiger partial charge on any atom is -0.370 e. The van der Waals surface area contributed by atoms with Gasteiger partial charge in [-0.3, -0.25) is 4.79 Å². The third kappa shape index (κ3) is 5.29. The molecule has 0 aromatic heterocycles. The maximum Gasteiger partial charge on any atom is 0.323 e. The van der Waals surface area contributed by atoms with Crippen LogP contribution in [0.5, 0.6) is 0 Å². The summed E-state index contributed by atoms with van der Waals surface area (Å²) in [5.41, 5.74) is 4.51. The van der Waals surface area contributed by atoms with Gasteiger partial charge in [0.1, 0.15) is 0 Å². The quantitative estimate of drug-likeness (QED) is 0.393. The number of rotatable bonds is 5. The van der Waals surface area contributed by atoms with E-state index in [0.29, 0.717) is 22.6 Å². The lowest BCUT2D eigenvalue weighted by Crippen LogP contribution is -2.24. The fourth-order valence-corrected chi connectivity index (χ4v) is 4.16. The second-order valence-corrected chi connectivity index (χ2v) is 8.66. The van der Waals surface area contributed by atoms with E-state index in [1.54, 1.807) is 12.1 Å². The number of benzene rings is 3. The predicted octanol–water partition coefficient (Wildman–Crippen LogP) is 6.25. The molecular weight excluding hydrogens is 468 g/mol. The van der Waals surface area contributed by atoms with Gasteiger partial charge in [0.2, 0.25) is 0 Å². The highest BCUT2D eigenvalue weighted by Crippen LogP contribution is 2.32. The van der Waals surface area contributed by atoms with Gasteiger partial charge < -0.3 is 20.9 Å². The van der Waals surface area contributed by atoms with E-state index in [0.717, 1.165) is 41.7 Å². The maximum atomic E-state index is 12.7. The van der Waals surface area contributed by atoms with Crippen LogP contribution in [0.25, 0.3) is 0 Å². The van der Waals surface area contributed by atoms with E-state index in [9.17, 15) is 9.59 Å². The fourth-order valence-electron chi connectivity index (χ4n) is 3.78. The molecule has 3 aromatic carbocycles. The van der Waals surface area contributed by atoms with Crippen LogP contribution in [-0.4, -0.2) is 25.0 Å². The van der Waals surface area contributed by atoms with Crippen LogP contribution in [0.2, 0.25) is 0 Å². The Morgan fingerprint density at radius 3 is 2.34 bits per heavy atom. The van der Waals surface area contributed by atoms with Gasteiger partial charge in [-0.25, -0.2) is 4.79 Å². The summed E-state index contributed by atoms with van der Waals surface area (Å²) >= 11 is 3.45. The summed E-state index contributed by atoms with van der Waals surface area (Å²) < 4.78 is 0.800. The van der Waals surface area contributed by atoms with Crippen molar-refractivity contribution in [3.8, 4) is 0 Å². The van der Waals surface area contributed by atoms with Crippen molar-refractivity contribution >= 4 is 50.6 Å². The highest BCUT2D eigenvalue weighted by molar-refractivity contribution is 9.10. The molecule has 0 bridgehead atoms. The number of urea groups is 1. The van der Waals surface area contributed by atoms with Crippen LogP contribution < -0.4 is 20.9 Å². The second kappa shape index (κ2) is 9.87. The number of halogens is 1. The molecule has 0 saturated carbocycles. The van der Waals surface area contributed by atoms with Crippen LogP contribution in [0.4, 0.5) is 27.5 Å². The van der Waals surface area contributed by atoms with Crippen molar-refractivity contribution < 1.29 is 9.59 Å². The molecule has 164 valence electrons. The Labute approximate surface area is 196 Å². The zero-order chi connectivity index (χ0) is 22.5. The lowest BCUT2D eigenvalue weighted by molar-refractivity contribution is 0.102. The number of nitrogens with one attached hydrogen (secondary N) is 3. The van der Waals surface area contributed by atoms with E-state index >= 15 is 0 Å². The Hall–Kier alpha value is -3.32. The van der Waals surface area contributed by atoms with Crippen molar-refractivity contribution in [2.45, 2.75) is 19.8 Å². The molecule has 0 aliphatic carbocycles. The molecule has 0 radical (unpaired) electrons. The van der Waals surface area contributed by atoms with E-state index in [4.69, 9.17) is 0 Å². The largest absolute Gasteiger partial charge is 0.370 e. The van der Waals surface area contributed by atoms with Gasteiger partial charge in [-0.05, 0) is 78.2 Å². The van der Waals surface area contributed by atoms with Crippen molar-refractivity contribution in [1.82, 2.24) is 0 Å². The summed E-state index contributed by atoms with van der Waals surface area (Å²) in [4.78, 5) is 27.7. The summed E-state index contributed by atoms with van der Waals surface area (Å²) in [5, 5.41) is 8.77. The molecule has 0 spiro atoms. The van der Waals surface area contributed by atoms with Gasteiger partial charge in [0.15, 0.2) is 0 Å². The molecule has 0 unspecified atom stereocenters. The molecule has 1 saturated heterocycles. The molecule has 6 nitrogen and oxygen atoms in total. The Morgan fingerprint density at radius 2 is 1.59 bits per heavy atom. The SMILES string of the molecule is Cc1cccc(C(=O)Nc2ccc(N3CCCC3)c(NC(=O)Nc3ccccc3Br)c2)c1. The van der Waals surface area contributed by atoms with Crippen molar-refractivity contribution in [3.63, 3.8) is 0 Å². The maximum absolute atomic E-state index is 12.7. The zero-order valence-electron chi connectivity index (χ0n) is 17.8. The Balaban J connectivity index is 1.56. The van der Waals surface area contributed by atoms with E-state index in [2.05, 4.69) is 36.8 Å². The van der Waals surface area contributed by atoms with Gasteiger partial charge in [-0.2, -0.15) is 0 Å². The number of amides is 3. The minimum atomic E-state index is -0.348.